The third-order valence-electron chi connectivity index (χ3n) is 2.83. The molecule has 1 amide bonds. The standard InChI is InChI=1S/C11H16N4O/c1-14-4-5-15(8-11(14)16)10-2-3-13-9(6-10)7-12/h2-3,6H,4-5,7-8,12H2,1H3. The summed E-state index contributed by atoms with van der Waals surface area (Å²) in [5.41, 5.74) is 7.42. The summed E-state index contributed by atoms with van der Waals surface area (Å²) >= 11 is 0. The number of piperazine rings is 1. The molecule has 0 bridgehead atoms. The molecule has 5 nitrogen and oxygen atoms in total. The van der Waals surface area contributed by atoms with Crippen LogP contribution in [0.25, 0.3) is 0 Å². The number of amides is 1. The number of nitrogens with zero attached hydrogens (tertiary/aromatic N) is 3. The highest BCUT2D eigenvalue weighted by Crippen LogP contribution is 2.16. The lowest BCUT2D eigenvalue weighted by Crippen LogP contribution is -2.48. The van der Waals surface area contributed by atoms with Crippen LogP contribution in [0.15, 0.2) is 18.3 Å². The molecule has 0 spiro atoms. The predicted octanol–water partition coefficient (Wildman–Crippen LogP) is -0.181. The highest BCUT2D eigenvalue weighted by atomic mass is 16.2. The van der Waals surface area contributed by atoms with Crippen LogP contribution >= 0.6 is 0 Å². The van der Waals surface area contributed by atoms with Gasteiger partial charge in [0.2, 0.25) is 5.91 Å². The lowest BCUT2D eigenvalue weighted by atomic mass is 10.2. The van der Waals surface area contributed by atoms with Gasteiger partial charge in [0.05, 0.1) is 12.2 Å². The maximum Gasteiger partial charge on any atom is 0.241 e. The highest BCUT2D eigenvalue weighted by Gasteiger charge is 2.21. The molecule has 1 saturated heterocycles. The van der Waals surface area contributed by atoms with E-state index in [1.54, 1.807) is 11.1 Å². The maximum atomic E-state index is 11.6. The Balaban J connectivity index is 2.15. The van der Waals surface area contributed by atoms with Gasteiger partial charge in [0.1, 0.15) is 0 Å². The molecule has 5 heteroatoms. The second-order valence-corrected chi connectivity index (χ2v) is 3.95. The van der Waals surface area contributed by atoms with E-state index in [0.717, 1.165) is 24.5 Å². The third kappa shape index (κ3) is 2.14. The average Bonchev–Trinajstić information content (AvgIpc) is 2.33. The van der Waals surface area contributed by atoms with E-state index in [4.69, 9.17) is 5.73 Å². The molecule has 1 fully saturated rings. The van der Waals surface area contributed by atoms with Crippen molar-refractivity contribution in [3.05, 3.63) is 24.0 Å². The van der Waals surface area contributed by atoms with Gasteiger partial charge < -0.3 is 15.5 Å². The second-order valence-electron chi connectivity index (χ2n) is 3.95. The first kappa shape index (κ1) is 10.9. The van der Waals surface area contributed by atoms with Crippen LogP contribution in [-0.4, -0.2) is 42.5 Å². The summed E-state index contributed by atoms with van der Waals surface area (Å²) in [7, 11) is 1.83. The van der Waals surface area contributed by atoms with E-state index >= 15 is 0 Å². The minimum Gasteiger partial charge on any atom is -0.360 e. The summed E-state index contributed by atoms with van der Waals surface area (Å²) in [4.78, 5) is 19.5. The molecule has 0 radical (unpaired) electrons. The molecule has 0 atom stereocenters. The fourth-order valence-corrected chi connectivity index (χ4v) is 1.75. The Morgan fingerprint density at radius 3 is 3.00 bits per heavy atom. The zero-order chi connectivity index (χ0) is 11.5. The quantitative estimate of drug-likeness (QED) is 0.751. The van der Waals surface area contributed by atoms with Crippen LogP contribution in [0.4, 0.5) is 5.69 Å². The van der Waals surface area contributed by atoms with Crippen molar-refractivity contribution >= 4 is 11.6 Å². The number of likely N-dealkylation sites (N-methyl/N-ethyl adjacent to an activating group) is 1. The SMILES string of the molecule is CN1CCN(c2ccnc(CN)c2)CC1=O. The fraction of sp³-hybridized carbons (Fsp3) is 0.455. The molecule has 1 aromatic rings. The fourth-order valence-electron chi connectivity index (χ4n) is 1.75. The van der Waals surface area contributed by atoms with Gasteiger partial charge in [-0.2, -0.15) is 0 Å². The van der Waals surface area contributed by atoms with Crippen LogP contribution < -0.4 is 10.6 Å². The molecule has 0 saturated carbocycles. The topological polar surface area (TPSA) is 62.5 Å². The lowest BCUT2D eigenvalue weighted by Gasteiger charge is -2.33. The first-order valence-corrected chi connectivity index (χ1v) is 5.34. The average molecular weight is 220 g/mol. The number of hydrogen-bond donors (Lipinski definition) is 1. The Kier molecular flexibility index (Phi) is 3.05. The molecule has 86 valence electrons. The van der Waals surface area contributed by atoms with E-state index in [0.29, 0.717) is 13.1 Å². The Hall–Kier alpha value is -1.62. The molecule has 16 heavy (non-hydrogen) atoms. The molecule has 0 unspecified atom stereocenters. The van der Waals surface area contributed by atoms with Crippen molar-refractivity contribution in [1.29, 1.82) is 0 Å². The van der Waals surface area contributed by atoms with Crippen molar-refractivity contribution in [3.63, 3.8) is 0 Å². The van der Waals surface area contributed by atoms with Gasteiger partial charge in [-0.3, -0.25) is 9.78 Å². The normalized spacial score (nSPS) is 16.8. The van der Waals surface area contributed by atoms with E-state index in [1.807, 2.05) is 19.2 Å². The summed E-state index contributed by atoms with van der Waals surface area (Å²) in [5.74, 6) is 0.150. The zero-order valence-corrected chi connectivity index (χ0v) is 9.39. The van der Waals surface area contributed by atoms with Crippen LogP contribution in [0.3, 0.4) is 0 Å². The molecule has 1 aliphatic heterocycles. The molecule has 0 aromatic carbocycles. The Bertz CT molecular complexity index is 393. The summed E-state index contributed by atoms with van der Waals surface area (Å²) in [6.45, 7) is 2.48. The van der Waals surface area contributed by atoms with Crippen molar-refractivity contribution in [1.82, 2.24) is 9.88 Å². The van der Waals surface area contributed by atoms with Crippen molar-refractivity contribution in [3.8, 4) is 0 Å². The number of anilines is 1. The van der Waals surface area contributed by atoms with E-state index in [9.17, 15) is 4.79 Å². The molecule has 1 aromatic heterocycles. The van der Waals surface area contributed by atoms with Crippen molar-refractivity contribution in [2.24, 2.45) is 5.73 Å². The summed E-state index contributed by atoms with van der Waals surface area (Å²) < 4.78 is 0. The van der Waals surface area contributed by atoms with Gasteiger partial charge in [0, 0.05) is 38.6 Å². The Morgan fingerprint density at radius 2 is 2.31 bits per heavy atom. The summed E-state index contributed by atoms with van der Waals surface area (Å²) in [6, 6.07) is 3.86. The van der Waals surface area contributed by atoms with Crippen LogP contribution in [0.5, 0.6) is 0 Å². The molecular weight excluding hydrogens is 204 g/mol. The van der Waals surface area contributed by atoms with Gasteiger partial charge >= 0.3 is 0 Å². The predicted molar refractivity (Wildman–Crippen MR) is 62.0 cm³/mol. The number of carbonyl (C=O) groups is 1. The highest BCUT2D eigenvalue weighted by molar-refractivity contribution is 5.82. The molecule has 2 heterocycles. The van der Waals surface area contributed by atoms with Gasteiger partial charge in [-0.05, 0) is 12.1 Å². The molecule has 0 aliphatic carbocycles. The van der Waals surface area contributed by atoms with Crippen LogP contribution in [0.2, 0.25) is 0 Å². The minimum atomic E-state index is 0.150. The molecule has 2 rings (SSSR count). The van der Waals surface area contributed by atoms with Gasteiger partial charge in [0.25, 0.3) is 0 Å². The van der Waals surface area contributed by atoms with Crippen molar-refractivity contribution in [2.75, 3.05) is 31.6 Å². The number of pyridine rings is 1. The van der Waals surface area contributed by atoms with Crippen LogP contribution in [0.1, 0.15) is 5.69 Å². The van der Waals surface area contributed by atoms with E-state index < -0.39 is 0 Å². The van der Waals surface area contributed by atoms with Crippen LogP contribution in [0, 0.1) is 0 Å². The molecular formula is C11H16N4O. The first-order valence-electron chi connectivity index (χ1n) is 5.34. The minimum absolute atomic E-state index is 0.150. The number of aromatic nitrogens is 1. The number of hydrogen-bond acceptors (Lipinski definition) is 4. The van der Waals surface area contributed by atoms with E-state index in [2.05, 4.69) is 9.88 Å². The van der Waals surface area contributed by atoms with E-state index in [-0.39, 0.29) is 5.91 Å². The van der Waals surface area contributed by atoms with Gasteiger partial charge in [-0.25, -0.2) is 0 Å². The maximum absolute atomic E-state index is 11.6. The van der Waals surface area contributed by atoms with Crippen molar-refractivity contribution in [2.45, 2.75) is 6.54 Å². The van der Waals surface area contributed by atoms with Gasteiger partial charge in [0.15, 0.2) is 0 Å². The van der Waals surface area contributed by atoms with Gasteiger partial charge in [-0.1, -0.05) is 0 Å². The molecule has 1 aliphatic rings. The van der Waals surface area contributed by atoms with E-state index in [1.165, 1.54) is 0 Å². The summed E-state index contributed by atoms with van der Waals surface area (Å²) in [5, 5.41) is 0. The second kappa shape index (κ2) is 4.49. The van der Waals surface area contributed by atoms with Crippen molar-refractivity contribution < 1.29 is 4.79 Å². The number of carbonyl (C=O) groups excluding carboxylic acids is 1. The zero-order valence-electron chi connectivity index (χ0n) is 9.39. The Labute approximate surface area is 94.9 Å². The monoisotopic (exact) mass is 220 g/mol. The summed E-state index contributed by atoms with van der Waals surface area (Å²) in [6.07, 6.45) is 1.74. The first-order chi connectivity index (χ1) is 7.70. The smallest absolute Gasteiger partial charge is 0.241 e. The van der Waals surface area contributed by atoms with Gasteiger partial charge in [-0.15, -0.1) is 0 Å². The largest absolute Gasteiger partial charge is 0.360 e. The Morgan fingerprint density at radius 1 is 1.50 bits per heavy atom. The third-order valence-corrected chi connectivity index (χ3v) is 2.83. The number of nitrogens with two attached hydrogens (primary N) is 1. The van der Waals surface area contributed by atoms with Crippen LogP contribution in [-0.2, 0) is 11.3 Å². The number of rotatable bonds is 2. The lowest BCUT2D eigenvalue weighted by molar-refractivity contribution is -0.129. The molecule has 2 N–H and O–H groups in total.